The Morgan fingerprint density at radius 1 is 0.793 bits per heavy atom. The molecule has 0 N–H and O–H groups in total. The Morgan fingerprint density at radius 3 is 1.86 bits per heavy atom. The second-order valence-corrected chi connectivity index (χ2v) is 7.66. The highest BCUT2D eigenvalue weighted by atomic mass is 19.5. The summed E-state index contributed by atoms with van der Waals surface area (Å²) in [5, 5.41) is 0. The van der Waals surface area contributed by atoms with E-state index in [4.69, 9.17) is 0 Å². The van der Waals surface area contributed by atoms with Crippen LogP contribution in [0.1, 0.15) is 48.8 Å². The van der Waals surface area contributed by atoms with E-state index in [1.54, 1.807) is 0 Å². The summed E-state index contributed by atoms with van der Waals surface area (Å²) >= 11 is 0. The van der Waals surface area contributed by atoms with Gasteiger partial charge in [0.1, 0.15) is 6.04 Å². The summed E-state index contributed by atoms with van der Waals surface area (Å²) in [6, 6.07) is 22.6. The van der Waals surface area contributed by atoms with Crippen molar-refractivity contribution in [2.75, 3.05) is 19.6 Å². The van der Waals surface area contributed by atoms with Crippen LogP contribution in [0.15, 0.2) is 60.7 Å². The van der Waals surface area contributed by atoms with Crippen LogP contribution < -0.4 is 0 Å². The average Bonchev–Trinajstić information content (AvgIpc) is 3.21. The molecule has 0 aliphatic carbocycles. The minimum atomic E-state index is -6.00. The molecule has 2 fully saturated rings. The second kappa shape index (κ2) is 9.94. The number of hydrogen-bond donors (Lipinski definition) is 0. The van der Waals surface area contributed by atoms with E-state index in [0.717, 1.165) is 6.54 Å². The van der Waals surface area contributed by atoms with Gasteiger partial charge >= 0.3 is 7.25 Å². The maximum atomic E-state index is 9.75. The van der Waals surface area contributed by atoms with Gasteiger partial charge in [0, 0.05) is 5.92 Å². The zero-order valence-corrected chi connectivity index (χ0v) is 16.4. The van der Waals surface area contributed by atoms with Crippen LogP contribution in [0.25, 0.3) is 0 Å². The lowest BCUT2D eigenvalue weighted by Crippen LogP contribution is -2.35. The van der Waals surface area contributed by atoms with E-state index in [-0.39, 0.29) is 0 Å². The molecular formula is C22H27BF4N2. The SMILES string of the molecule is C(N1CCCC1)=[N+]1CC(c2ccccc2)CC[C@@H]1c1ccccc1.F[B-](F)(F)F. The highest BCUT2D eigenvalue weighted by molar-refractivity contribution is 6.50. The predicted molar refractivity (Wildman–Crippen MR) is 110 cm³/mol. The van der Waals surface area contributed by atoms with Crippen LogP contribution >= 0.6 is 0 Å². The molecule has 0 saturated carbocycles. The van der Waals surface area contributed by atoms with Crippen LogP contribution in [0.5, 0.6) is 0 Å². The Labute approximate surface area is 170 Å². The van der Waals surface area contributed by atoms with Crippen LogP contribution in [-0.4, -0.2) is 42.7 Å². The van der Waals surface area contributed by atoms with E-state index in [0.29, 0.717) is 12.0 Å². The molecule has 2 heterocycles. The number of piperidine rings is 1. The van der Waals surface area contributed by atoms with E-state index < -0.39 is 7.25 Å². The van der Waals surface area contributed by atoms with Gasteiger partial charge in [-0.15, -0.1) is 0 Å². The van der Waals surface area contributed by atoms with Crippen LogP contribution in [0.4, 0.5) is 17.3 Å². The fourth-order valence-electron chi connectivity index (χ4n) is 4.22. The summed E-state index contributed by atoms with van der Waals surface area (Å²) in [4.78, 5) is 2.52. The summed E-state index contributed by atoms with van der Waals surface area (Å²) in [5.74, 6) is 0.644. The highest BCUT2D eigenvalue weighted by Crippen LogP contribution is 2.35. The third-order valence-electron chi connectivity index (χ3n) is 5.53. The minimum absolute atomic E-state index is 0.520. The van der Waals surface area contributed by atoms with Crippen molar-refractivity contribution in [3.63, 3.8) is 0 Å². The van der Waals surface area contributed by atoms with Crippen molar-refractivity contribution < 1.29 is 21.8 Å². The minimum Gasteiger partial charge on any atom is -0.418 e. The number of rotatable bonds is 3. The van der Waals surface area contributed by atoms with Gasteiger partial charge in [0.15, 0.2) is 0 Å². The third kappa shape index (κ3) is 6.91. The normalized spacial score (nSPS) is 23.6. The van der Waals surface area contributed by atoms with Gasteiger partial charge in [-0.2, -0.15) is 0 Å². The van der Waals surface area contributed by atoms with Gasteiger partial charge in [0.2, 0.25) is 6.34 Å². The fraction of sp³-hybridized carbons (Fsp3) is 0.409. The van der Waals surface area contributed by atoms with Crippen LogP contribution in [0.3, 0.4) is 0 Å². The Hall–Kier alpha value is -2.31. The first-order chi connectivity index (χ1) is 13.9. The van der Waals surface area contributed by atoms with Gasteiger partial charge < -0.3 is 17.3 Å². The van der Waals surface area contributed by atoms with E-state index in [9.17, 15) is 17.3 Å². The van der Waals surface area contributed by atoms with E-state index in [1.807, 2.05) is 0 Å². The number of halogens is 4. The van der Waals surface area contributed by atoms with Crippen molar-refractivity contribution in [2.24, 2.45) is 0 Å². The Balaban J connectivity index is 0.000000431. The topological polar surface area (TPSA) is 6.25 Å². The van der Waals surface area contributed by atoms with Crippen LogP contribution in [0, 0.1) is 0 Å². The number of benzene rings is 2. The smallest absolute Gasteiger partial charge is 0.418 e. The monoisotopic (exact) mass is 406 g/mol. The molecule has 2 aliphatic rings. The van der Waals surface area contributed by atoms with Crippen molar-refractivity contribution in [3.05, 3.63) is 71.8 Å². The van der Waals surface area contributed by atoms with Crippen molar-refractivity contribution in [3.8, 4) is 0 Å². The van der Waals surface area contributed by atoms with Gasteiger partial charge in [-0.1, -0.05) is 60.7 Å². The van der Waals surface area contributed by atoms with E-state index in [2.05, 4.69) is 76.5 Å². The molecule has 2 nitrogen and oxygen atoms in total. The lowest BCUT2D eigenvalue weighted by molar-refractivity contribution is -0.585. The molecule has 0 bridgehead atoms. The third-order valence-corrected chi connectivity index (χ3v) is 5.53. The van der Waals surface area contributed by atoms with Crippen molar-refractivity contribution in [1.82, 2.24) is 4.90 Å². The standard InChI is InChI=1S/C22H27N2.BF4/c1-3-9-19(10-4-1)21-13-14-22(20-11-5-2-6-12-20)24(17-21)18-23-15-7-8-16-23;2-1(3,4)5/h1-6,9-12,18,21-22H,7-8,13-17H2;/q+1;-1/t21?,22-;/m1./s1. The van der Waals surface area contributed by atoms with Gasteiger partial charge in [-0.3, -0.25) is 9.48 Å². The van der Waals surface area contributed by atoms with Crippen LogP contribution in [0.2, 0.25) is 0 Å². The molecule has 0 aromatic heterocycles. The summed E-state index contributed by atoms with van der Waals surface area (Å²) in [6.07, 6.45) is 7.60. The molecule has 2 saturated heterocycles. The lowest BCUT2D eigenvalue weighted by atomic mass is 9.86. The van der Waals surface area contributed by atoms with E-state index in [1.165, 1.54) is 49.9 Å². The zero-order valence-electron chi connectivity index (χ0n) is 16.4. The first kappa shape index (κ1) is 21.4. The Kier molecular flexibility index (Phi) is 7.34. The largest absolute Gasteiger partial charge is 0.673 e. The van der Waals surface area contributed by atoms with Crippen molar-refractivity contribution >= 4 is 13.6 Å². The molecule has 29 heavy (non-hydrogen) atoms. The molecule has 2 aliphatic heterocycles. The van der Waals surface area contributed by atoms with Gasteiger partial charge in [0.05, 0.1) is 19.6 Å². The van der Waals surface area contributed by atoms with Gasteiger partial charge in [0.25, 0.3) is 0 Å². The molecule has 0 amide bonds. The highest BCUT2D eigenvalue weighted by Gasteiger charge is 2.31. The quantitative estimate of drug-likeness (QED) is 0.273. The first-order valence-electron chi connectivity index (χ1n) is 10.2. The maximum Gasteiger partial charge on any atom is 0.673 e. The number of nitrogens with zero attached hydrogens (tertiary/aromatic N) is 2. The molecule has 0 spiro atoms. The Morgan fingerprint density at radius 2 is 1.31 bits per heavy atom. The lowest BCUT2D eigenvalue weighted by Gasteiger charge is -2.31. The first-order valence-corrected chi connectivity index (χ1v) is 10.2. The predicted octanol–water partition coefficient (Wildman–Crippen LogP) is 5.74. The summed E-state index contributed by atoms with van der Waals surface area (Å²) in [5.41, 5.74) is 2.95. The number of likely N-dealkylation sites (tertiary alicyclic amines) is 1. The zero-order chi connectivity index (χ0) is 20.7. The maximum absolute atomic E-state index is 9.75. The van der Waals surface area contributed by atoms with E-state index >= 15 is 0 Å². The molecule has 4 rings (SSSR count). The number of hydrogen-bond acceptors (Lipinski definition) is 0. The average molecular weight is 406 g/mol. The molecule has 156 valence electrons. The Bertz CT molecular complexity index is 768. The molecule has 1 unspecified atom stereocenters. The molecule has 2 atom stereocenters. The van der Waals surface area contributed by atoms with Crippen LogP contribution in [-0.2, 0) is 0 Å². The van der Waals surface area contributed by atoms with Crippen molar-refractivity contribution in [2.45, 2.75) is 37.6 Å². The van der Waals surface area contributed by atoms with Gasteiger partial charge in [-0.25, -0.2) is 0 Å². The van der Waals surface area contributed by atoms with Gasteiger partial charge in [-0.05, 0) is 36.8 Å². The summed E-state index contributed by atoms with van der Waals surface area (Å²) < 4.78 is 41.6. The molecule has 0 radical (unpaired) electrons. The van der Waals surface area contributed by atoms with Crippen molar-refractivity contribution in [1.29, 1.82) is 0 Å². The molecule has 7 heteroatoms. The second-order valence-electron chi connectivity index (χ2n) is 7.66. The summed E-state index contributed by atoms with van der Waals surface area (Å²) in [6.45, 7) is 3.56. The molecular weight excluding hydrogens is 379 g/mol. The fourth-order valence-corrected chi connectivity index (χ4v) is 4.22. The molecule has 2 aromatic carbocycles. The molecule has 2 aromatic rings. The summed E-state index contributed by atoms with van der Waals surface area (Å²) in [7, 11) is -6.00.